The van der Waals surface area contributed by atoms with Gasteiger partial charge in [0.15, 0.2) is 5.60 Å². The van der Waals surface area contributed by atoms with Gasteiger partial charge in [-0.15, -0.1) is 0 Å². The number of nitrogens with two attached hydrogens (primary N) is 1. The van der Waals surface area contributed by atoms with Crippen LogP contribution < -0.4 is 5.73 Å². The van der Waals surface area contributed by atoms with Gasteiger partial charge in [-0.2, -0.15) is 0 Å². The molecule has 0 heterocycles. The Kier molecular flexibility index (Phi) is 7.05. The molecule has 0 amide bonds. The fraction of sp³-hybridized carbons (Fsp3) is 0.917. The number of carbonyl (C=O) groups excluding carboxylic acids is 1. The van der Waals surface area contributed by atoms with Gasteiger partial charge in [0.25, 0.3) is 11.6 Å². The van der Waals surface area contributed by atoms with Crippen molar-refractivity contribution in [3.05, 3.63) is 0 Å². The Morgan fingerprint density at radius 2 is 1.52 bits per heavy atom. The van der Waals surface area contributed by atoms with Crippen LogP contribution in [0.3, 0.4) is 0 Å². The van der Waals surface area contributed by atoms with Gasteiger partial charge in [0.2, 0.25) is 6.29 Å². The Hall–Kier alpha value is -0.890. The molecule has 138 valence electrons. The Labute approximate surface area is 132 Å². The summed E-state index contributed by atoms with van der Waals surface area (Å²) < 4.78 is 4.65. The molecule has 0 aliphatic carbocycles. The normalized spacial score (nSPS) is 19.9. The number of rotatable bonds is 8. The van der Waals surface area contributed by atoms with E-state index in [4.69, 9.17) is 15.9 Å². The summed E-state index contributed by atoms with van der Waals surface area (Å²) in [5, 5.41) is 76.7. The van der Waals surface area contributed by atoms with Crippen molar-refractivity contribution in [2.75, 3.05) is 6.61 Å². The van der Waals surface area contributed by atoms with Crippen molar-refractivity contribution in [3.8, 4) is 0 Å². The van der Waals surface area contributed by atoms with E-state index in [-0.39, 0.29) is 6.61 Å². The molecule has 0 rings (SSSR count). The van der Waals surface area contributed by atoms with E-state index >= 15 is 0 Å². The predicted octanol–water partition coefficient (Wildman–Crippen LogP) is -4.70. The molecule has 0 aliphatic heterocycles. The number of ether oxygens (including phenoxy) is 1. The third kappa shape index (κ3) is 3.63. The van der Waals surface area contributed by atoms with Crippen LogP contribution in [0.4, 0.5) is 0 Å². The number of aliphatic hydroxyl groups is 8. The first kappa shape index (κ1) is 22.1. The van der Waals surface area contributed by atoms with E-state index < -0.39 is 47.5 Å². The predicted molar refractivity (Wildman–Crippen MR) is 73.0 cm³/mol. The summed E-state index contributed by atoms with van der Waals surface area (Å²) in [5.74, 6) is -10.6. The average molecular weight is 343 g/mol. The smallest absolute Gasteiger partial charge is 0.310 e. The van der Waals surface area contributed by atoms with Gasteiger partial charge in [-0.25, -0.2) is 0 Å². The van der Waals surface area contributed by atoms with Crippen LogP contribution in [0.5, 0.6) is 0 Å². The number of hydrogen-bond acceptors (Lipinski definition) is 11. The highest BCUT2D eigenvalue weighted by Crippen LogP contribution is 2.38. The first-order chi connectivity index (χ1) is 10.2. The van der Waals surface area contributed by atoms with Crippen LogP contribution in [0.25, 0.3) is 0 Å². The van der Waals surface area contributed by atoms with Crippen molar-refractivity contribution in [1.82, 2.24) is 0 Å². The lowest BCUT2D eigenvalue weighted by Crippen LogP contribution is -2.80. The zero-order valence-corrected chi connectivity index (χ0v) is 13.0. The van der Waals surface area contributed by atoms with Gasteiger partial charge in [0.05, 0.1) is 24.7 Å². The van der Waals surface area contributed by atoms with E-state index in [2.05, 4.69) is 4.74 Å². The first-order valence-corrected chi connectivity index (χ1v) is 6.77. The van der Waals surface area contributed by atoms with Crippen molar-refractivity contribution < 1.29 is 50.4 Å². The summed E-state index contributed by atoms with van der Waals surface area (Å²) in [6, 6.07) is -1.99. The fourth-order valence-electron chi connectivity index (χ4n) is 2.08. The second kappa shape index (κ2) is 7.34. The molecule has 0 bridgehead atoms. The summed E-state index contributed by atoms with van der Waals surface area (Å²) in [5.41, 5.74) is 2.24. The third-order valence-corrected chi connectivity index (χ3v) is 3.77. The van der Waals surface area contributed by atoms with Crippen LogP contribution in [0.15, 0.2) is 0 Å². The SMILES string of the molecule is CCOC(=O)C(C)C(N)C(O)(C(C)O)C(O)(O)C(O)(O)C(O)O. The number of hydrogen-bond donors (Lipinski definition) is 9. The molecule has 10 N–H and O–H groups in total. The van der Waals surface area contributed by atoms with Crippen molar-refractivity contribution in [3.63, 3.8) is 0 Å². The summed E-state index contributed by atoms with van der Waals surface area (Å²) in [4.78, 5) is 11.7. The van der Waals surface area contributed by atoms with Crippen LogP contribution in [-0.2, 0) is 9.53 Å². The molecule has 4 unspecified atom stereocenters. The van der Waals surface area contributed by atoms with E-state index in [0.717, 1.165) is 13.8 Å². The molecule has 0 fully saturated rings. The Balaban J connectivity index is 5.97. The molecule has 0 aromatic heterocycles. The molecule has 11 heteroatoms. The highest BCUT2D eigenvalue weighted by atomic mass is 16.7. The maximum absolute atomic E-state index is 11.7. The molecule has 23 heavy (non-hydrogen) atoms. The minimum Gasteiger partial charge on any atom is -0.466 e. The fourth-order valence-corrected chi connectivity index (χ4v) is 2.08. The molecule has 0 radical (unpaired) electrons. The molecule has 0 aliphatic rings. The van der Waals surface area contributed by atoms with Gasteiger partial charge >= 0.3 is 5.97 Å². The van der Waals surface area contributed by atoms with Crippen molar-refractivity contribution in [2.45, 2.75) is 56.4 Å². The molecule has 0 saturated carbocycles. The van der Waals surface area contributed by atoms with Gasteiger partial charge < -0.3 is 51.3 Å². The van der Waals surface area contributed by atoms with Gasteiger partial charge in [-0.05, 0) is 13.8 Å². The summed E-state index contributed by atoms with van der Waals surface area (Å²) in [7, 11) is 0. The van der Waals surface area contributed by atoms with Crippen molar-refractivity contribution in [1.29, 1.82) is 0 Å². The highest BCUT2D eigenvalue weighted by molar-refractivity contribution is 5.73. The number of carbonyl (C=O) groups is 1. The van der Waals surface area contributed by atoms with E-state index in [9.17, 15) is 35.4 Å². The van der Waals surface area contributed by atoms with Crippen molar-refractivity contribution >= 4 is 5.97 Å². The average Bonchev–Trinajstić information content (AvgIpc) is 2.43. The Morgan fingerprint density at radius 3 is 1.83 bits per heavy atom. The first-order valence-electron chi connectivity index (χ1n) is 6.77. The number of esters is 1. The summed E-state index contributed by atoms with van der Waals surface area (Å²) in [6.45, 7) is 3.37. The van der Waals surface area contributed by atoms with Crippen LogP contribution in [0, 0.1) is 5.92 Å². The van der Waals surface area contributed by atoms with E-state index in [1.54, 1.807) is 0 Å². The molecular formula is C12H25NO10. The maximum Gasteiger partial charge on any atom is 0.310 e. The van der Waals surface area contributed by atoms with Crippen LogP contribution in [0.2, 0.25) is 0 Å². The van der Waals surface area contributed by atoms with Gasteiger partial charge in [-0.1, -0.05) is 6.92 Å². The Bertz CT molecular complexity index is 411. The largest absolute Gasteiger partial charge is 0.466 e. The lowest BCUT2D eigenvalue weighted by Gasteiger charge is -2.50. The second-order valence-electron chi connectivity index (χ2n) is 5.34. The quantitative estimate of drug-likeness (QED) is 0.151. The van der Waals surface area contributed by atoms with E-state index in [1.807, 2.05) is 0 Å². The standard InChI is InChI=1S/C12H25NO10/c1-4-23-8(15)5(2)7(13)10(18,6(3)14)12(21,22)11(19,20)9(16)17/h5-7,9,14,16-22H,4,13H2,1-3H3. The van der Waals surface area contributed by atoms with Crippen LogP contribution >= 0.6 is 0 Å². The molecule has 0 saturated heterocycles. The van der Waals surface area contributed by atoms with Gasteiger partial charge in [0, 0.05) is 0 Å². The third-order valence-electron chi connectivity index (χ3n) is 3.77. The lowest BCUT2D eigenvalue weighted by atomic mass is 9.72. The highest BCUT2D eigenvalue weighted by Gasteiger charge is 2.69. The summed E-state index contributed by atoms with van der Waals surface area (Å²) >= 11 is 0. The molecular weight excluding hydrogens is 318 g/mol. The molecule has 0 aromatic rings. The molecule has 0 aromatic carbocycles. The zero-order chi connectivity index (χ0) is 18.8. The minimum atomic E-state index is -4.14. The lowest BCUT2D eigenvalue weighted by molar-refractivity contribution is -0.460. The van der Waals surface area contributed by atoms with E-state index in [1.165, 1.54) is 6.92 Å². The molecule has 11 nitrogen and oxygen atoms in total. The molecule has 4 atom stereocenters. The topological polar surface area (TPSA) is 214 Å². The number of aliphatic hydroxyl groups excluding tert-OH is 2. The minimum absolute atomic E-state index is 0.0499. The maximum atomic E-state index is 11.7. The molecule has 0 spiro atoms. The van der Waals surface area contributed by atoms with Gasteiger partial charge in [-0.3, -0.25) is 4.79 Å². The monoisotopic (exact) mass is 343 g/mol. The zero-order valence-electron chi connectivity index (χ0n) is 13.0. The Morgan fingerprint density at radius 1 is 1.09 bits per heavy atom. The van der Waals surface area contributed by atoms with Crippen LogP contribution in [-0.4, -0.2) is 89.0 Å². The second-order valence-corrected chi connectivity index (χ2v) is 5.34. The van der Waals surface area contributed by atoms with Crippen molar-refractivity contribution in [2.24, 2.45) is 11.7 Å². The van der Waals surface area contributed by atoms with Crippen LogP contribution in [0.1, 0.15) is 20.8 Å². The summed E-state index contributed by atoms with van der Waals surface area (Å²) in [6.07, 6.45) is -5.28. The van der Waals surface area contributed by atoms with Gasteiger partial charge in [0.1, 0.15) is 0 Å². The van der Waals surface area contributed by atoms with E-state index in [0.29, 0.717) is 0 Å².